The molecule has 0 aliphatic rings. The average molecular weight is 290 g/mol. The Hall–Kier alpha value is -1.95. The third kappa shape index (κ3) is 3.54. The molecule has 2 rings (SSSR count). The minimum atomic E-state index is -0.185. The minimum absolute atomic E-state index is 0.185. The van der Waals surface area contributed by atoms with Crippen LogP contribution < -0.4 is 11.1 Å². The maximum absolute atomic E-state index is 12.2. The molecule has 0 atom stereocenters. The van der Waals surface area contributed by atoms with Gasteiger partial charge in [0, 0.05) is 17.7 Å². The third-order valence-electron chi connectivity index (χ3n) is 2.77. The van der Waals surface area contributed by atoms with Crippen molar-refractivity contribution in [2.24, 2.45) is 5.92 Å². The molecule has 0 saturated heterocycles. The van der Waals surface area contributed by atoms with Crippen LogP contribution in [0, 0.1) is 12.8 Å². The number of rotatable bonds is 4. The highest BCUT2D eigenvalue weighted by molar-refractivity contribution is 7.15. The summed E-state index contributed by atoms with van der Waals surface area (Å²) in [5.74, 6) is 0.334. The van der Waals surface area contributed by atoms with Gasteiger partial charge in [-0.3, -0.25) is 10.1 Å². The lowest BCUT2D eigenvalue weighted by molar-refractivity contribution is 0.102. The zero-order chi connectivity index (χ0) is 14.7. The molecule has 1 amide bonds. The minimum Gasteiger partial charge on any atom is -0.399 e. The molecule has 0 aliphatic carbocycles. The van der Waals surface area contributed by atoms with Gasteiger partial charge < -0.3 is 5.73 Å². The van der Waals surface area contributed by atoms with Gasteiger partial charge in [0.15, 0.2) is 0 Å². The van der Waals surface area contributed by atoms with E-state index in [2.05, 4.69) is 29.4 Å². The number of hydrogen-bond donors (Lipinski definition) is 2. The first-order chi connectivity index (χ1) is 9.45. The van der Waals surface area contributed by atoms with Crippen LogP contribution in [0.1, 0.15) is 34.8 Å². The summed E-state index contributed by atoms with van der Waals surface area (Å²) in [7, 11) is 0. The van der Waals surface area contributed by atoms with E-state index in [1.165, 1.54) is 11.3 Å². The maximum atomic E-state index is 12.2. The Morgan fingerprint density at radius 1 is 1.40 bits per heavy atom. The fraction of sp³-hybridized carbons (Fsp3) is 0.357. The van der Waals surface area contributed by atoms with Crippen molar-refractivity contribution in [3.8, 4) is 0 Å². The first kappa shape index (κ1) is 14.5. The van der Waals surface area contributed by atoms with Crippen molar-refractivity contribution in [2.75, 3.05) is 11.1 Å². The molecule has 0 fully saturated rings. The van der Waals surface area contributed by atoms with Crippen molar-refractivity contribution in [3.05, 3.63) is 34.3 Å². The number of hydrogen-bond acceptors (Lipinski definition) is 5. The maximum Gasteiger partial charge on any atom is 0.257 e. The lowest BCUT2D eigenvalue weighted by Gasteiger charge is -2.05. The summed E-state index contributed by atoms with van der Waals surface area (Å²) in [6.45, 7) is 6.10. The lowest BCUT2D eigenvalue weighted by Crippen LogP contribution is -2.13. The predicted molar refractivity (Wildman–Crippen MR) is 82.0 cm³/mol. The molecular formula is C14H18N4OS. The number of nitrogens with two attached hydrogens (primary N) is 1. The number of nitrogens with zero attached hydrogens (tertiary/aromatic N) is 2. The van der Waals surface area contributed by atoms with Crippen molar-refractivity contribution in [1.82, 2.24) is 10.2 Å². The summed E-state index contributed by atoms with van der Waals surface area (Å²) < 4.78 is 0. The van der Waals surface area contributed by atoms with E-state index in [1.54, 1.807) is 18.2 Å². The number of nitrogens with one attached hydrogen (secondary N) is 1. The summed E-state index contributed by atoms with van der Waals surface area (Å²) >= 11 is 1.41. The highest BCUT2D eigenvalue weighted by Gasteiger charge is 2.12. The van der Waals surface area contributed by atoms with Crippen molar-refractivity contribution in [2.45, 2.75) is 27.2 Å². The molecule has 5 nitrogen and oxygen atoms in total. The Bertz CT molecular complexity index is 621. The summed E-state index contributed by atoms with van der Waals surface area (Å²) in [5.41, 5.74) is 7.76. The topological polar surface area (TPSA) is 80.9 Å². The molecule has 20 heavy (non-hydrogen) atoms. The molecule has 2 aromatic rings. The first-order valence-electron chi connectivity index (χ1n) is 6.45. The standard InChI is InChI=1S/C14H18N4OS/c1-8(2)6-12-17-18-14(20-12)16-13(19)11-5-4-10(15)7-9(11)3/h4-5,7-8H,6,15H2,1-3H3,(H,16,18,19). The molecule has 0 spiro atoms. The molecule has 0 radical (unpaired) electrons. The Morgan fingerprint density at radius 3 is 2.80 bits per heavy atom. The fourth-order valence-electron chi connectivity index (χ4n) is 1.84. The summed E-state index contributed by atoms with van der Waals surface area (Å²) in [5, 5.41) is 12.3. The molecule has 3 N–H and O–H groups in total. The summed E-state index contributed by atoms with van der Waals surface area (Å²) in [6, 6.07) is 5.21. The molecule has 0 aliphatic heterocycles. The lowest BCUT2D eigenvalue weighted by atomic mass is 10.1. The van der Waals surface area contributed by atoms with Crippen LogP contribution in [-0.2, 0) is 6.42 Å². The number of carbonyl (C=O) groups excluding carboxylic acids is 1. The van der Waals surface area contributed by atoms with Crippen molar-refractivity contribution in [3.63, 3.8) is 0 Å². The van der Waals surface area contributed by atoms with Crippen LogP contribution in [0.4, 0.5) is 10.8 Å². The number of nitrogen functional groups attached to an aromatic ring is 1. The van der Waals surface area contributed by atoms with Crippen LogP contribution in [0.15, 0.2) is 18.2 Å². The molecular weight excluding hydrogens is 272 g/mol. The van der Waals surface area contributed by atoms with Gasteiger partial charge in [-0.1, -0.05) is 25.2 Å². The smallest absolute Gasteiger partial charge is 0.257 e. The molecule has 0 bridgehead atoms. The molecule has 1 heterocycles. The normalized spacial score (nSPS) is 10.8. The van der Waals surface area contributed by atoms with Crippen molar-refractivity contribution < 1.29 is 4.79 Å². The highest BCUT2D eigenvalue weighted by Crippen LogP contribution is 2.20. The van der Waals surface area contributed by atoms with Gasteiger partial charge in [0.1, 0.15) is 5.01 Å². The van der Waals surface area contributed by atoms with Crippen LogP contribution in [0.3, 0.4) is 0 Å². The number of benzene rings is 1. The fourth-order valence-corrected chi connectivity index (χ4v) is 2.79. The van der Waals surface area contributed by atoms with Gasteiger partial charge in [0.25, 0.3) is 5.91 Å². The largest absolute Gasteiger partial charge is 0.399 e. The molecule has 0 saturated carbocycles. The predicted octanol–water partition coefficient (Wildman–Crippen LogP) is 2.88. The van der Waals surface area contributed by atoms with Crippen LogP contribution in [0.5, 0.6) is 0 Å². The SMILES string of the molecule is Cc1cc(N)ccc1C(=O)Nc1nnc(CC(C)C)s1. The van der Waals surface area contributed by atoms with Gasteiger partial charge in [-0.25, -0.2) is 0 Å². The van der Waals surface area contributed by atoms with Gasteiger partial charge in [-0.05, 0) is 36.6 Å². The second kappa shape index (κ2) is 6.00. The second-order valence-electron chi connectivity index (χ2n) is 5.13. The van der Waals surface area contributed by atoms with Crippen LogP contribution in [-0.4, -0.2) is 16.1 Å². The Labute approximate surface area is 122 Å². The van der Waals surface area contributed by atoms with Gasteiger partial charge >= 0.3 is 0 Å². The van der Waals surface area contributed by atoms with Gasteiger partial charge in [0.2, 0.25) is 5.13 Å². The van der Waals surface area contributed by atoms with Gasteiger partial charge in [0.05, 0.1) is 0 Å². The molecule has 1 aromatic carbocycles. The van der Waals surface area contributed by atoms with E-state index in [-0.39, 0.29) is 5.91 Å². The number of aromatic nitrogens is 2. The highest BCUT2D eigenvalue weighted by atomic mass is 32.1. The van der Waals surface area contributed by atoms with E-state index in [0.29, 0.717) is 22.3 Å². The zero-order valence-electron chi connectivity index (χ0n) is 11.8. The van der Waals surface area contributed by atoms with E-state index in [0.717, 1.165) is 17.0 Å². The van der Waals surface area contributed by atoms with E-state index in [1.807, 2.05) is 6.92 Å². The van der Waals surface area contributed by atoms with Crippen molar-refractivity contribution >= 4 is 28.1 Å². The zero-order valence-corrected chi connectivity index (χ0v) is 12.6. The Balaban J connectivity index is 2.09. The van der Waals surface area contributed by atoms with Crippen LogP contribution >= 0.6 is 11.3 Å². The van der Waals surface area contributed by atoms with Crippen LogP contribution in [0.25, 0.3) is 0 Å². The molecule has 0 unspecified atom stereocenters. The molecule has 106 valence electrons. The average Bonchev–Trinajstić information content (AvgIpc) is 2.75. The van der Waals surface area contributed by atoms with E-state index < -0.39 is 0 Å². The summed E-state index contributed by atoms with van der Waals surface area (Å²) in [4.78, 5) is 12.2. The Morgan fingerprint density at radius 2 is 2.15 bits per heavy atom. The monoisotopic (exact) mass is 290 g/mol. The van der Waals surface area contributed by atoms with Crippen molar-refractivity contribution in [1.29, 1.82) is 0 Å². The summed E-state index contributed by atoms with van der Waals surface area (Å²) in [6.07, 6.45) is 0.869. The van der Waals surface area contributed by atoms with E-state index in [4.69, 9.17) is 5.73 Å². The first-order valence-corrected chi connectivity index (χ1v) is 7.27. The number of aryl methyl sites for hydroxylation is 1. The number of amides is 1. The molecule has 6 heteroatoms. The number of carbonyl (C=O) groups is 1. The van der Waals surface area contributed by atoms with Crippen LogP contribution in [0.2, 0.25) is 0 Å². The van der Waals surface area contributed by atoms with Gasteiger partial charge in [-0.2, -0.15) is 0 Å². The second-order valence-corrected chi connectivity index (χ2v) is 6.19. The Kier molecular flexibility index (Phi) is 4.34. The third-order valence-corrected chi connectivity index (χ3v) is 3.63. The quantitative estimate of drug-likeness (QED) is 0.848. The molecule has 1 aromatic heterocycles. The number of anilines is 2. The van der Waals surface area contributed by atoms with Gasteiger partial charge in [-0.15, -0.1) is 10.2 Å². The van der Waals surface area contributed by atoms with E-state index in [9.17, 15) is 4.79 Å². The van der Waals surface area contributed by atoms with E-state index >= 15 is 0 Å².